The molecular formula is C20H22N2O5S. The van der Waals surface area contributed by atoms with Crippen molar-refractivity contribution in [1.29, 1.82) is 0 Å². The van der Waals surface area contributed by atoms with Crippen LogP contribution in [0.2, 0.25) is 0 Å². The molecule has 0 bridgehead atoms. The van der Waals surface area contributed by atoms with E-state index in [1.807, 2.05) is 0 Å². The number of benzene rings is 2. The molecule has 1 fully saturated rings. The number of nitrogens with zero attached hydrogens (tertiary/aromatic N) is 1. The molecular weight excluding hydrogens is 380 g/mol. The minimum atomic E-state index is -3.54. The number of carbonyl (C=O) groups excluding carboxylic acids is 2. The van der Waals surface area contributed by atoms with Crippen LogP contribution in [-0.4, -0.2) is 37.7 Å². The van der Waals surface area contributed by atoms with Crippen LogP contribution in [0.15, 0.2) is 53.4 Å². The first-order valence-corrected chi connectivity index (χ1v) is 10.5. The minimum absolute atomic E-state index is 0.165. The average Bonchev–Trinajstić information content (AvgIpc) is 2.68. The number of anilines is 1. The van der Waals surface area contributed by atoms with Crippen LogP contribution in [0, 0.1) is 0 Å². The summed E-state index contributed by atoms with van der Waals surface area (Å²) < 4.78 is 32.1. The van der Waals surface area contributed by atoms with Crippen molar-refractivity contribution in [2.75, 3.05) is 18.4 Å². The molecule has 7 nitrogen and oxygen atoms in total. The van der Waals surface area contributed by atoms with E-state index in [0.717, 1.165) is 19.3 Å². The van der Waals surface area contributed by atoms with E-state index >= 15 is 0 Å². The van der Waals surface area contributed by atoms with Crippen molar-refractivity contribution < 1.29 is 22.7 Å². The topological polar surface area (TPSA) is 92.8 Å². The van der Waals surface area contributed by atoms with Crippen LogP contribution in [0.1, 0.15) is 36.5 Å². The highest BCUT2D eigenvalue weighted by atomic mass is 32.2. The van der Waals surface area contributed by atoms with E-state index in [0.29, 0.717) is 18.8 Å². The summed E-state index contributed by atoms with van der Waals surface area (Å²) in [5, 5.41) is 2.61. The van der Waals surface area contributed by atoms with Crippen molar-refractivity contribution >= 4 is 27.6 Å². The van der Waals surface area contributed by atoms with E-state index in [1.165, 1.54) is 41.6 Å². The lowest BCUT2D eigenvalue weighted by atomic mass is 10.2. The summed E-state index contributed by atoms with van der Waals surface area (Å²) in [7, 11) is -3.54. The highest BCUT2D eigenvalue weighted by molar-refractivity contribution is 7.89. The Labute approximate surface area is 164 Å². The molecule has 3 rings (SSSR count). The van der Waals surface area contributed by atoms with Gasteiger partial charge < -0.3 is 10.1 Å². The zero-order valence-corrected chi connectivity index (χ0v) is 16.4. The molecule has 0 saturated carbocycles. The monoisotopic (exact) mass is 402 g/mol. The number of hydrogen-bond donors (Lipinski definition) is 1. The maximum atomic E-state index is 12.7. The van der Waals surface area contributed by atoms with E-state index < -0.39 is 16.0 Å². The number of rotatable bonds is 5. The smallest absolute Gasteiger partial charge is 0.343 e. The summed E-state index contributed by atoms with van der Waals surface area (Å²) in [5.74, 6) is -0.558. The number of sulfonamides is 1. The number of piperidine rings is 1. The standard InChI is InChI=1S/C20H22N2O5S/c1-15(23)21-17-6-5-7-18(14-17)27-20(24)16-8-10-19(11-9-16)28(25,26)22-12-3-2-4-13-22/h5-11,14H,2-4,12-13H2,1H3,(H,21,23). The predicted octanol–water partition coefficient (Wildman–Crippen LogP) is 3.04. The van der Waals surface area contributed by atoms with Crippen LogP contribution < -0.4 is 10.1 Å². The highest BCUT2D eigenvalue weighted by Gasteiger charge is 2.26. The maximum Gasteiger partial charge on any atom is 0.343 e. The van der Waals surface area contributed by atoms with Crippen molar-refractivity contribution in [3.63, 3.8) is 0 Å². The third-order valence-corrected chi connectivity index (χ3v) is 6.32. The highest BCUT2D eigenvalue weighted by Crippen LogP contribution is 2.22. The number of hydrogen-bond acceptors (Lipinski definition) is 5. The van der Waals surface area contributed by atoms with Crippen molar-refractivity contribution in [2.45, 2.75) is 31.1 Å². The number of amides is 1. The first-order valence-electron chi connectivity index (χ1n) is 9.06. The molecule has 1 amide bonds. The molecule has 0 atom stereocenters. The van der Waals surface area contributed by atoms with Crippen LogP contribution in [0.4, 0.5) is 5.69 Å². The van der Waals surface area contributed by atoms with Crippen molar-refractivity contribution in [3.8, 4) is 5.75 Å². The minimum Gasteiger partial charge on any atom is -0.423 e. The summed E-state index contributed by atoms with van der Waals surface area (Å²) in [6.07, 6.45) is 2.77. The summed E-state index contributed by atoms with van der Waals surface area (Å²) >= 11 is 0. The van der Waals surface area contributed by atoms with Gasteiger partial charge in [-0.05, 0) is 49.2 Å². The van der Waals surface area contributed by atoms with E-state index in [9.17, 15) is 18.0 Å². The van der Waals surface area contributed by atoms with Gasteiger partial charge in [0, 0.05) is 31.8 Å². The molecule has 0 radical (unpaired) electrons. The molecule has 1 heterocycles. The first kappa shape index (κ1) is 20.0. The van der Waals surface area contributed by atoms with Gasteiger partial charge in [0.05, 0.1) is 10.5 Å². The third-order valence-electron chi connectivity index (χ3n) is 4.41. The van der Waals surface area contributed by atoms with Gasteiger partial charge in [0.25, 0.3) is 0 Å². The number of carbonyl (C=O) groups is 2. The molecule has 2 aromatic carbocycles. The fraction of sp³-hybridized carbons (Fsp3) is 0.300. The lowest BCUT2D eigenvalue weighted by Crippen LogP contribution is -2.35. The Hall–Kier alpha value is -2.71. The van der Waals surface area contributed by atoms with Gasteiger partial charge in [-0.1, -0.05) is 12.5 Å². The second kappa shape index (κ2) is 8.53. The summed E-state index contributed by atoms with van der Waals surface area (Å²) in [6.45, 7) is 2.44. The van der Waals surface area contributed by atoms with Crippen LogP contribution >= 0.6 is 0 Å². The summed E-state index contributed by atoms with van der Waals surface area (Å²) in [6, 6.07) is 12.2. The fourth-order valence-corrected chi connectivity index (χ4v) is 4.54. The van der Waals surface area contributed by atoms with Crippen molar-refractivity contribution in [2.24, 2.45) is 0 Å². The van der Waals surface area contributed by atoms with Gasteiger partial charge in [-0.25, -0.2) is 13.2 Å². The second-order valence-electron chi connectivity index (χ2n) is 6.59. The first-order chi connectivity index (χ1) is 13.4. The molecule has 0 aromatic heterocycles. The van der Waals surface area contributed by atoms with Gasteiger partial charge in [-0.3, -0.25) is 4.79 Å². The zero-order valence-electron chi connectivity index (χ0n) is 15.6. The van der Waals surface area contributed by atoms with E-state index in [2.05, 4.69) is 5.32 Å². The Bertz CT molecular complexity index is 964. The molecule has 148 valence electrons. The fourth-order valence-electron chi connectivity index (χ4n) is 3.02. The zero-order chi connectivity index (χ0) is 20.1. The Balaban J connectivity index is 1.71. The normalized spacial score (nSPS) is 15.0. The van der Waals surface area contributed by atoms with Crippen LogP contribution in [0.25, 0.3) is 0 Å². The molecule has 8 heteroatoms. The predicted molar refractivity (Wildman–Crippen MR) is 105 cm³/mol. The Morgan fingerprint density at radius 2 is 1.68 bits per heavy atom. The summed E-state index contributed by atoms with van der Waals surface area (Å²) in [5.41, 5.74) is 0.753. The Morgan fingerprint density at radius 3 is 2.32 bits per heavy atom. The Morgan fingerprint density at radius 1 is 1.00 bits per heavy atom. The third kappa shape index (κ3) is 4.76. The SMILES string of the molecule is CC(=O)Nc1cccc(OC(=O)c2ccc(S(=O)(=O)N3CCCCC3)cc2)c1. The van der Waals surface area contributed by atoms with Crippen LogP contribution in [0.5, 0.6) is 5.75 Å². The molecule has 0 aliphatic carbocycles. The van der Waals surface area contributed by atoms with E-state index in [1.54, 1.807) is 18.2 Å². The van der Waals surface area contributed by atoms with E-state index in [4.69, 9.17) is 4.74 Å². The van der Waals surface area contributed by atoms with Gasteiger partial charge in [-0.15, -0.1) is 0 Å². The lowest BCUT2D eigenvalue weighted by molar-refractivity contribution is -0.114. The molecule has 1 N–H and O–H groups in total. The molecule has 2 aromatic rings. The van der Waals surface area contributed by atoms with Gasteiger partial charge in [0.1, 0.15) is 5.75 Å². The maximum absolute atomic E-state index is 12.7. The molecule has 0 unspecified atom stereocenters. The molecule has 1 aliphatic heterocycles. The second-order valence-corrected chi connectivity index (χ2v) is 8.53. The molecule has 0 spiro atoms. The number of ether oxygens (including phenoxy) is 1. The molecule has 1 aliphatic rings. The van der Waals surface area contributed by atoms with Crippen LogP contribution in [0.3, 0.4) is 0 Å². The number of esters is 1. The Kier molecular flexibility index (Phi) is 6.11. The quantitative estimate of drug-likeness (QED) is 0.613. The van der Waals surface area contributed by atoms with Crippen LogP contribution in [-0.2, 0) is 14.8 Å². The van der Waals surface area contributed by atoms with Crippen molar-refractivity contribution in [3.05, 3.63) is 54.1 Å². The number of nitrogens with one attached hydrogen (secondary N) is 1. The van der Waals surface area contributed by atoms with Gasteiger partial charge >= 0.3 is 5.97 Å². The van der Waals surface area contributed by atoms with Gasteiger partial charge in [0.15, 0.2) is 0 Å². The summed E-state index contributed by atoms with van der Waals surface area (Å²) in [4.78, 5) is 23.6. The van der Waals surface area contributed by atoms with Gasteiger partial charge in [0.2, 0.25) is 15.9 Å². The van der Waals surface area contributed by atoms with E-state index in [-0.39, 0.29) is 22.1 Å². The molecule has 28 heavy (non-hydrogen) atoms. The van der Waals surface area contributed by atoms with Crippen molar-refractivity contribution in [1.82, 2.24) is 4.31 Å². The largest absolute Gasteiger partial charge is 0.423 e. The average molecular weight is 402 g/mol. The lowest BCUT2D eigenvalue weighted by Gasteiger charge is -2.25. The van der Waals surface area contributed by atoms with Gasteiger partial charge in [-0.2, -0.15) is 4.31 Å². The molecule has 1 saturated heterocycles.